The van der Waals surface area contributed by atoms with Crippen LogP contribution >= 0.6 is 0 Å². The number of hydrogen-bond acceptors (Lipinski definition) is 2. The van der Waals surface area contributed by atoms with E-state index in [0.29, 0.717) is 17.8 Å². The highest BCUT2D eigenvalue weighted by atomic mass is 19.1. The van der Waals surface area contributed by atoms with Crippen molar-refractivity contribution in [2.24, 2.45) is 12.5 Å². The van der Waals surface area contributed by atoms with Crippen LogP contribution in [0.5, 0.6) is 5.75 Å². The van der Waals surface area contributed by atoms with Crippen LogP contribution in [0.25, 0.3) is 11.0 Å². The normalized spacial score (nSPS) is 12.1. The van der Waals surface area contributed by atoms with Crippen molar-refractivity contribution >= 4 is 11.0 Å². The number of halogens is 1. The minimum Gasteiger partial charge on any atom is -0.461 e. The minimum atomic E-state index is -0.905. The third-order valence-electron chi connectivity index (χ3n) is 2.96. The average molecular weight is 266 g/mol. The second-order valence-corrected chi connectivity index (χ2v) is 5.87. The lowest BCUT2D eigenvalue weighted by molar-refractivity contribution is 0.193. The Morgan fingerprint density at radius 3 is 2.58 bits per heavy atom. The number of rotatable bonds is 3. The van der Waals surface area contributed by atoms with Gasteiger partial charge in [-0.2, -0.15) is 0 Å². The van der Waals surface area contributed by atoms with Crippen molar-refractivity contribution in [3.8, 4) is 5.75 Å². The van der Waals surface area contributed by atoms with Crippen LogP contribution in [0.3, 0.4) is 0 Å². The molecule has 2 rings (SSSR count). The molecule has 0 aliphatic carbocycles. The Kier molecular flexibility index (Phi) is 3.39. The Balaban J connectivity index is 2.70. The molecule has 0 fully saturated rings. The molecule has 1 heterocycles. The molecular weight excluding hydrogens is 247 g/mol. The van der Waals surface area contributed by atoms with E-state index in [2.05, 4.69) is 20.8 Å². The van der Waals surface area contributed by atoms with Crippen LogP contribution in [0.2, 0.25) is 0 Å². The van der Waals surface area contributed by atoms with Crippen LogP contribution in [-0.2, 0) is 13.6 Å². The topological polar surface area (TPSA) is 36.2 Å². The van der Waals surface area contributed by atoms with Gasteiger partial charge in [-0.15, -0.1) is 0 Å². The SMILES string of the molecule is Cn1c(=O)n(CC(C)(C)C)c2cccc(OCF)c21. The van der Waals surface area contributed by atoms with E-state index in [1.807, 2.05) is 6.07 Å². The highest BCUT2D eigenvalue weighted by Crippen LogP contribution is 2.26. The maximum atomic E-state index is 12.4. The molecule has 2 aromatic rings. The number of fused-ring (bicyclic) bond motifs is 1. The molecule has 0 aliphatic rings. The van der Waals surface area contributed by atoms with Gasteiger partial charge in [0, 0.05) is 13.6 Å². The van der Waals surface area contributed by atoms with Gasteiger partial charge in [0.05, 0.1) is 5.52 Å². The minimum absolute atomic E-state index is 0.0188. The number of imidazole rings is 1. The number of alkyl halides is 1. The molecular formula is C14H19FN2O2. The van der Waals surface area contributed by atoms with Gasteiger partial charge < -0.3 is 4.74 Å². The van der Waals surface area contributed by atoms with Gasteiger partial charge in [-0.3, -0.25) is 9.13 Å². The van der Waals surface area contributed by atoms with Crippen molar-refractivity contribution < 1.29 is 9.13 Å². The fourth-order valence-electron chi connectivity index (χ4n) is 2.25. The molecule has 1 aromatic heterocycles. The Labute approximate surface area is 111 Å². The summed E-state index contributed by atoms with van der Waals surface area (Å²) in [5.41, 5.74) is 1.28. The fraction of sp³-hybridized carbons (Fsp3) is 0.500. The summed E-state index contributed by atoms with van der Waals surface area (Å²) in [5, 5.41) is 0. The van der Waals surface area contributed by atoms with E-state index in [9.17, 15) is 9.18 Å². The average Bonchev–Trinajstić information content (AvgIpc) is 2.54. The smallest absolute Gasteiger partial charge is 0.328 e. The summed E-state index contributed by atoms with van der Waals surface area (Å²) in [6.45, 7) is 5.90. The number of ether oxygens (including phenoxy) is 1. The monoisotopic (exact) mass is 266 g/mol. The number of aromatic nitrogens is 2. The summed E-state index contributed by atoms with van der Waals surface area (Å²) in [6.07, 6.45) is 0. The predicted molar refractivity (Wildman–Crippen MR) is 73.2 cm³/mol. The first-order valence-electron chi connectivity index (χ1n) is 6.22. The molecule has 19 heavy (non-hydrogen) atoms. The molecule has 104 valence electrons. The molecule has 0 bridgehead atoms. The Hall–Kier alpha value is -1.78. The maximum Gasteiger partial charge on any atom is 0.328 e. The zero-order valence-corrected chi connectivity index (χ0v) is 11.7. The molecule has 5 heteroatoms. The standard InChI is InChI=1S/C14H19FN2O2/c1-14(2,3)8-17-10-6-5-7-11(19-9-15)12(10)16(4)13(17)18/h5-7H,8-9H2,1-4H3. The zero-order chi connectivity index (χ0) is 14.2. The number of benzene rings is 1. The highest BCUT2D eigenvalue weighted by Gasteiger charge is 2.19. The summed E-state index contributed by atoms with van der Waals surface area (Å²) in [4.78, 5) is 12.3. The summed E-state index contributed by atoms with van der Waals surface area (Å²) >= 11 is 0. The van der Waals surface area contributed by atoms with E-state index in [-0.39, 0.29) is 11.1 Å². The van der Waals surface area contributed by atoms with E-state index >= 15 is 0 Å². The van der Waals surface area contributed by atoms with Crippen LogP contribution in [0.4, 0.5) is 4.39 Å². The van der Waals surface area contributed by atoms with Crippen molar-refractivity contribution in [3.05, 3.63) is 28.7 Å². The van der Waals surface area contributed by atoms with Crippen LogP contribution in [0.1, 0.15) is 20.8 Å². The molecule has 0 saturated carbocycles. The Morgan fingerprint density at radius 2 is 2.00 bits per heavy atom. The molecule has 0 aliphatic heterocycles. The lowest BCUT2D eigenvalue weighted by Crippen LogP contribution is -2.27. The van der Waals surface area contributed by atoms with Crippen molar-refractivity contribution in [1.82, 2.24) is 9.13 Å². The molecule has 0 saturated heterocycles. The van der Waals surface area contributed by atoms with Gasteiger partial charge in [0.15, 0.2) is 0 Å². The first-order valence-corrected chi connectivity index (χ1v) is 6.22. The van der Waals surface area contributed by atoms with Gasteiger partial charge in [-0.25, -0.2) is 9.18 Å². The highest BCUT2D eigenvalue weighted by molar-refractivity contribution is 5.82. The van der Waals surface area contributed by atoms with E-state index in [1.165, 1.54) is 4.57 Å². The molecule has 1 aromatic carbocycles. The van der Waals surface area contributed by atoms with Crippen molar-refractivity contribution in [1.29, 1.82) is 0 Å². The molecule has 0 N–H and O–H groups in total. The summed E-state index contributed by atoms with van der Waals surface area (Å²) in [5.74, 6) is 0.396. The molecule has 0 unspecified atom stereocenters. The second kappa shape index (κ2) is 4.72. The fourth-order valence-corrected chi connectivity index (χ4v) is 2.25. The van der Waals surface area contributed by atoms with E-state index in [4.69, 9.17) is 4.74 Å². The molecule has 4 nitrogen and oxygen atoms in total. The van der Waals surface area contributed by atoms with Crippen LogP contribution < -0.4 is 10.4 Å². The van der Waals surface area contributed by atoms with Crippen molar-refractivity contribution in [2.75, 3.05) is 6.86 Å². The summed E-state index contributed by atoms with van der Waals surface area (Å²) in [7, 11) is 1.68. The van der Waals surface area contributed by atoms with Crippen LogP contribution in [0, 0.1) is 5.41 Å². The number of hydrogen-bond donors (Lipinski definition) is 0. The molecule has 0 amide bonds. The largest absolute Gasteiger partial charge is 0.461 e. The van der Waals surface area contributed by atoms with E-state index in [0.717, 1.165) is 5.52 Å². The number of para-hydroxylation sites is 1. The lowest BCUT2D eigenvalue weighted by Gasteiger charge is -2.18. The Bertz CT molecular complexity index is 650. The molecule has 0 radical (unpaired) electrons. The van der Waals surface area contributed by atoms with E-state index in [1.54, 1.807) is 23.7 Å². The van der Waals surface area contributed by atoms with Crippen LogP contribution in [-0.4, -0.2) is 16.0 Å². The van der Waals surface area contributed by atoms with Gasteiger partial charge >= 0.3 is 5.69 Å². The molecule has 0 spiro atoms. The lowest BCUT2D eigenvalue weighted by atomic mass is 9.97. The van der Waals surface area contributed by atoms with Crippen LogP contribution in [0.15, 0.2) is 23.0 Å². The summed E-state index contributed by atoms with van der Waals surface area (Å²) < 4.78 is 20.6. The first-order chi connectivity index (χ1) is 8.85. The van der Waals surface area contributed by atoms with E-state index < -0.39 is 6.86 Å². The van der Waals surface area contributed by atoms with Gasteiger partial charge in [0.1, 0.15) is 11.3 Å². The number of aryl methyl sites for hydroxylation is 1. The van der Waals surface area contributed by atoms with Crippen molar-refractivity contribution in [2.45, 2.75) is 27.3 Å². The number of nitrogens with zero attached hydrogens (tertiary/aromatic N) is 2. The summed E-state index contributed by atoms with van der Waals surface area (Å²) in [6, 6.07) is 5.29. The van der Waals surface area contributed by atoms with Gasteiger partial charge in [-0.05, 0) is 17.5 Å². The molecule has 0 atom stereocenters. The second-order valence-electron chi connectivity index (χ2n) is 5.87. The van der Waals surface area contributed by atoms with Gasteiger partial charge in [0.2, 0.25) is 6.86 Å². The predicted octanol–water partition coefficient (Wildman–Crippen LogP) is 2.69. The zero-order valence-electron chi connectivity index (χ0n) is 11.7. The Morgan fingerprint density at radius 1 is 1.32 bits per heavy atom. The quantitative estimate of drug-likeness (QED) is 0.856. The third kappa shape index (κ3) is 2.50. The van der Waals surface area contributed by atoms with Gasteiger partial charge in [0.25, 0.3) is 0 Å². The first kappa shape index (κ1) is 13.6. The van der Waals surface area contributed by atoms with Crippen molar-refractivity contribution in [3.63, 3.8) is 0 Å². The third-order valence-corrected chi connectivity index (χ3v) is 2.96. The van der Waals surface area contributed by atoms with Gasteiger partial charge in [-0.1, -0.05) is 26.8 Å². The maximum absolute atomic E-state index is 12.4.